The molecule has 0 radical (unpaired) electrons. The summed E-state index contributed by atoms with van der Waals surface area (Å²) in [7, 11) is 0. The summed E-state index contributed by atoms with van der Waals surface area (Å²) in [6, 6.07) is 8.92. The van der Waals surface area contributed by atoms with E-state index in [1.54, 1.807) is 6.92 Å². The zero-order chi connectivity index (χ0) is 20.8. The van der Waals surface area contributed by atoms with Gasteiger partial charge in [0.05, 0.1) is 17.7 Å². The predicted octanol–water partition coefficient (Wildman–Crippen LogP) is 2.76. The Labute approximate surface area is 172 Å². The molecule has 7 nitrogen and oxygen atoms in total. The lowest BCUT2D eigenvalue weighted by Crippen LogP contribution is -2.39. The molecule has 1 aromatic carbocycles. The molecule has 2 heterocycles. The Kier molecular flexibility index (Phi) is 7.41. The van der Waals surface area contributed by atoms with E-state index >= 15 is 0 Å². The van der Waals surface area contributed by atoms with Gasteiger partial charge in [-0.3, -0.25) is 5.41 Å². The van der Waals surface area contributed by atoms with Crippen molar-refractivity contribution in [1.29, 1.82) is 5.41 Å². The summed E-state index contributed by atoms with van der Waals surface area (Å²) in [5.74, 6) is 0.824. The Morgan fingerprint density at radius 1 is 1.38 bits per heavy atom. The lowest BCUT2D eigenvalue weighted by molar-refractivity contribution is 0.180. The van der Waals surface area contributed by atoms with Gasteiger partial charge in [-0.2, -0.15) is 0 Å². The fraction of sp³-hybridized carbons (Fsp3) is 0.545. The molecule has 0 saturated carbocycles. The Balaban J connectivity index is 1.73. The largest absolute Gasteiger partial charge is 0.380 e. The molecule has 2 aromatic rings. The number of hydrogen-bond acceptors (Lipinski definition) is 6. The molecule has 3 rings (SSSR count). The van der Waals surface area contributed by atoms with Gasteiger partial charge in [-0.25, -0.2) is 4.98 Å². The van der Waals surface area contributed by atoms with Gasteiger partial charge in [0, 0.05) is 30.6 Å². The van der Waals surface area contributed by atoms with E-state index in [9.17, 15) is 5.11 Å². The van der Waals surface area contributed by atoms with Crippen LogP contribution in [0.15, 0.2) is 24.3 Å². The molecule has 0 spiro atoms. The molecule has 5 N–H and O–H groups in total. The van der Waals surface area contributed by atoms with Crippen LogP contribution in [0.1, 0.15) is 44.2 Å². The minimum absolute atomic E-state index is 0.159. The van der Waals surface area contributed by atoms with Gasteiger partial charge < -0.3 is 25.8 Å². The van der Waals surface area contributed by atoms with Crippen LogP contribution in [0.25, 0.3) is 10.9 Å². The van der Waals surface area contributed by atoms with E-state index in [1.165, 1.54) is 0 Å². The third-order valence-electron chi connectivity index (χ3n) is 5.27. The van der Waals surface area contributed by atoms with Crippen molar-refractivity contribution < 1.29 is 9.84 Å². The van der Waals surface area contributed by atoms with Crippen LogP contribution >= 0.6 is 0 Å². The molecule has 29 heavy (non-hydrogen) atoms. The van der Waals surface area contributed by atoms with Crippen LogP contribution in [0.4, 0.5) is 5.82 Å². The number of ether oxygens (including phenoxy) is 1. The van der Waals surface area contributed by atoms with Crippen molar-refractivity contribution >= 4 is 22.6 Å². The molecule has 1 aliphatic rings. The van der Waals surface area contributed by atoms with E-state index in [0.717, 1.165) is 55.5 Å². The van der Waals surface area contributed by atoms with Gasteiger partial charge in [0.15, 0.2) is 0 Å². The van der Waals surface area contributed by atoms with Gasteiger partial charge in [0.1, 0.15) is 17.9 Å². The average molecular weight is 400 g/mol. The standard InChI is InChI=1S/C22H33N5O2/c1-4-17(26-18-8-10-29-13-18)7-9-24-22-19(21(23)25-15(3)28)12-16-11-14(2)5-6-20(16)27-22/h5-6,11-12,15,17-18,26,28H,4,7-10,13H2,1-3H3,(H2,23,25)(H,24,27). The van der Waals surface area contributed by atoms with E-state index in [1.807, 2.05) is 25.1 Å². The number of amidine groups is 1. The minimum atomic E-state index is -0.800. The third-order valence-corrected chi connectivity index (χ3v) is 5.27. The normalized spacial score (nSPS) is 18.6. The van der Waals surface area contributed by atoms with Gasteiger partial charge in [0.2, 0.25) is 0 Å². The number of aliphatic hydroxyl groups is 1. The Hall–Kier alpha value is -2.22. The number of nitrogens with zero attached hydrogens (tertiary/aromatic N) is 1. The van der Waals surface area contributed by atoms with Gasteiger partial charge >= 0.3 is 0 Å². The summed E-state index contributed by atoms with van der Waals surface area (Å²) in [4.78, 5) is 4.76. The first-order chi connectivity index (χ1) is 14.0. The number of pyridine rings is 1. The third kappa shape index (κ3) is 5.88. The molecular weight excluding hydrogens is 366 g/mol. The van der Waals surface area contributed by atoms with Crippen molar-refractivity contribution in [3.8, 4) is 0 Å². The highest BCUT2D eigenvalue weighted by Crippen LogP contribution is 2.22. The minimum Gasteiger partial charge on any atom is -0.380 e. The fourth-order valence-corrected chi connectivity index (χ4v) is 3.68. The van der Waals surface area contributed by atoms with Gasteiger partial charge in [-0.1, -0.05) is 18.6 Å². The first-order valence-electron chi connectivity index (χ1n) is 10.5. The van der Waals surface area contributed by atoms with Crippen molar-refractivity contribution in [2.45, 2.75) is 58.3 Å². The zero-order valence-corrected chi connectivity index (χ0v) is 17.6. The molecule has 1 aromatic heterocycles. The van der Waals surface area contributed by atoms with Crippen LogP contribution in [0.5, 0.6) is 0 Å². The molecule has 1 fully saturated rings. The number of aliphatic hydroxyl groups excluding tert-OH is 1. The van der Waals surface area contributed by atoms with E-state index in [-0.39, 0.29) is 5.84 Å². The first-order valence-corrected chi connectivity index (χ1v) is 10.5. The van der Waals surface area contributed by atoms with Crippen LogP contribution in [0, 0.1) is 12.3 Å². The molecule has 3 atom stereocenters. The molecule has 7 heteroatoms. The van der Waals surface area contributed by atoms with Crippen LogP contribution in [-0.4, -0.2) is 54.0 Å². The smallest absolute Gasteiger partial charge is 0.137 e. The van der Waals surface area contributed by atoms with E-state index < -0.39 is 6.23 Å². The Morgan fingerprint density at radius 3 is 2.90 bits per heavy atom. The number of fused-ring (bicyclic) bond motifs is 1. The summed E-state index contributed by atoms with van der Waals surface area (Å²) >= 11 is 0. The van der Waals surface area contributed by atoms with Crippen molar-refractivity contribution in [1.82, 2.24) is 15.6 Å². The van der Waals surface area contributed by atoms with Crippen molar-refractivity contribution in [3.05, 3.63) is 35.4 Å². The zero-order valence-electron chi connectivity index (χ0n) is 17.6. The molecule has 1 saturated heterocycles. The second-order valence-electron chi connectivity index (χ2n) is 7.82. The fourth-order valence-electron chi connectivity index (χ4n) is 3.68. The number of hydrogen-bond donors (Lipinski definition) is 5. The summed E-state index contributed by atoms with van der Waals surface area (Å²) < 4.78 is 5.46. The number of aryl methyl sites for hydroxylation is 1. The molecule has 3 unspecified atom stereocenters. The molecule has 0 aliphatic carbocycles. The second-order valence-corrected chi connectivity index (χ2v) is 7.82. The molecular formula is C22H33N5O2. The van der Waals surface area contributed by atoms with Crippen molar-refractivity contribution in [2.75, 3.05) is 25.1 Å². The van der Waals surface area contributed by atoms with Gasteiger partial charge in [-0.15, -0.1) is 0 Å². The molecule has 0 bridgehead atoms. The SMILES string of the molecule is CCC(CCNc1nc2ccc(C)cc2cc1C(=N)NC(C)O)NC1CCOC1. The lowest BCUT2D eigenvalue weighted by atomic mass is 10.1. The maximum Gasteiger partial charge on any atom is 0.137 e. The predicted molar refractivity (Wildman–Crippen MR) is 118 cm³/mol. The summed E-state index contributed by atoms with van der Waals surface area (Å²) in [5, 5.41) is 28.8. The number of nitrogens with one attached hydrogen (secondary N) is 4. The van der Waals surface area contributed by atoms with Gasteiger partial charge in [-0.05, 0) is 51.3 Å². The maximum absolute atomic E-state index is 9.64. The Morgan fingerprint density at radius 2 is 2.21 bits per heavy atom. The monoisotopic (exact) mass is 399 g/mol. The van der Waals surface area contributed by atoms with Crippen LogP contribution in [0.2, 0.25) is 0 Å². The van der Waals surface area contributed by atoms with Crippen LogP contribution in [0.3, 0.4) is 0 Å². The lowest BCUT2D eigenvalue weighted by Gasteiger charge is -2.22. The maximum atomic E-state index is 9.64. The second kappa shape index (κ2) is 10.0. The summed E-state index contributed by atoms with van der Waals surface area (Å²) in [6.45, 7) is 8.22. The number of anilines is 1. The van der Waals surface area contributed by atoms with Crippen molar-refractivity contribution in [2.24, 2.45) is 0 Å². The van der Waals surface area contributed by atoms with E-state index in [4.69, 9.17) is 15.1 Å². The highest BCUT2D eigenvalue weighted by molar-refractivity contribution is 6.03. The first kappa shape index (κ1) is 21.5. The highest BCUT2D eigenvalue weighted by Gasteiger charge is 2.19. The molecule has 0 amide bonds. The molecule has 1 aliphatic heterocycles. The van der Waals surface area contributed by atoms with Gasteiger partial charge in [0.25, 0.3) is 0 Å². The quantitative estimate of drug-likeness (QED) is 0.252. The Bertz CT molecular complexity index is 833. The highest BCUT2D eigenvalue weighted by atomic mass is 16.5. The number of rotatable bonds is 9. The summed E-state index contributed by atoms with van der Waals surface area (Å²) in [5.41, 5.74) is 2.70. The average Bonchev–Trinajstić information content (AvgIpc) is 3.19. The number of benzene rings is 1. The number of aromatic nitrogens is 1. The van der Waals surface area contributed by atoms with Crippen molar-refractivity contribution in [3.63, 3.8) is 0 Å². The molecule has 158 valence electrons. The van der Waals surface area contributed by atoms with E-state index in [2.05, 4.69) is 28.9 Å². The summed E-state index contributed by atoms with van der Waals surface area (Å²) in [6.07, 6.45) is 2.28. The van der Waals surface area contributed by atoms with Crippen LogP contribution in [-0.2, 0) is 4.74 Å². The van der Waals surface area contributed by atoms with Crippen LogP contribution < -0.4 is 16.0 Å². The van der Waals surface area contributed by atoms with E-state index in [0.29, 0.717) is 23.5 Å². The topological polar surface area (TPSA) is 102 Å².